The molecule has 0 unspecified atom stereocenters. The highest BCUT2D eigenvalue weighted by atomic mass is 32.1. The van der Waals surface area contributed by atoms with Crippen molar-refractivity contribution >= 4 is 12.2 Å². The van der Waals surface area contributed by atoms with Crippen LogP contribution in [0.1, 0.15) is 11.3 Å². The van der Waals surface area contributed by atoms with Gasteiger partial charge in [0.2, 0.25) is 0 Å². The summed E-state index contributed by atoms with van der Waals surface area (Å²) in [5.74, 6) is 0.905. The van der Waals surface area contributed by atoms with Crippen molar-refractivity contribution in [3.05, 3.63) is 16.0 Å². The van der Waals surface area contributed by atoms with Crippen LogP contribution in [0.5, 0.6) is 0 Å². The minimum absolute atomic E-state index is 0.785. The molecule has 0 saturated heterocycles. The molecule has 0 amide bonds. The van der Waals surface area contributed by atoms with Gasteiger partial charge in [0.15, 0.2) is 0 Å². The molecule has 0 fully saturated rings. The maximum absolute atomic E-state index is 5.16. The SMILES string of the molecule is Cc1on(C)c(=S)c1C. The van der Waals surface area contributed by atoms with Gasteiger partial charge in [-0.25, -0.2) is 4.74 Å². The molecule has 0 aliphatic rings. The van der Waals surface area contributed by atoms with Gasteiger partial charge in [0.25, 0.3) is 0 Å². The molecule has 0 aromatic carbocycles. The molecule has 0 spiro atoms. The minimum atomic E-state index is 0.785. The number of rotatable bonds is 0. The first kappa shape index (κ1) is 6.55. The topological polar surface area (TPSA) is 18.1 Å². The van der Waals surface area contributed by atoms with E-state index in [1.165, 1.54) is 0 Å². The molecule has 1 aromatic rings. The van der Waals surface area contributed by atoms with E-state index in [1.807, 2.05) is 20.9 Å². The van der Waals surface area contributed by atoms with Gasteiger partial charge < -0.3 is 4.52 Å². The summed E-state index contributed by atoms with van der Waals surface area (Å²) in [6, 6.07) is 0. The highest BCUT2D eigenvalue weighted by Crippen LogP contribution is 2.08. The van der Waals surface area contributed by atoms with E-state index in [4.69, 9.17) is 16.7 Å². The third kappa shape index (κ3) is 0.920. The molecule has 0 N–H and O–H groups in total. The highest BCUT2D eigenvalue weighted by molar-refractivity contribution is 7.71. The van der Waals surface area contributed by atoms with E-state index in [-0.39, 0.29) is 0 Å². The first-order chi connectivity index (χ1) is 4.13. The van der Waals surface area contributed by atoms with Crippen molar-refractivity contribution in [2.45, 2.75) is 13.8 Å². The van der Waals surface area contributed by atoms with Gasteiger partial charge in [0.05, 0.1) is 0 Å². The molecule has 1 aromatic heterocycles. The third-order valence-electron chi connectivity index (χ3n) is 1.41. The van der Waals surface area contributed by atoms with Crippen LogP contribution < -0.4 is 0 Å². The standard InChI is InChI=1S/C6H9NOS/c1-4-5(2)8-7(3)6(4)9/h1-3H3. The number of aromatic nitrogens is 1. The summed E-state index contributed by atoms with van der Waals surface area (Å²) >= 11 is 4.98. The van der Waals surface area contributed by atoms with Gasteiger partial charge in [-0.3, -0.25) is 0 Å². The van der Waals surface area contributed by atoms with Crippen LogP contribution in [0.3, 0.4) is 0 Å². The lowest BCUT2D eigenvalue weighted by Crippen LogP contribution is -1.81. The maximum Gasteiger partial charge on any atom is 0.143 e. The minimum Gasteiger partial charge on any atom is -0.383 e. The van der Waals surface area contributed by atoms with Gasteiger partial charge in [-0.2, -0.15) is 0 Å². The van der Waals surface area contributed by atoms with E-state index in [9.17, 15) is 0 Å². The number of hydrogen-bond acceptors (Lipinski definition) is 2. The van der Waals surface area contributed by atoms with Crippen molar-refractivity contribution in [1.82, 2.24) is 4.74 Å². The van der Waals surface area contributed by atoms with Crippen LogP contribution in [0, 0.1) is 18.5 Å². The van der Waals surface area contributed by atoms with Crippen molar-refractivity contribution in [2.75, 3.05) is 0 Å². The predicted octanol–water partition coefficient (Wildman–Crippen LogP) is 1.96. The van der Waals surface area contributed by atoms with E-state index in [2.05, 4.69) is 0 Å². The zero-order valence-corrected chi connectivity index (χ0v) is 6.58. The van der Waals surface area contributed by atoms with Crippen LogP contribution in [-0.2, 0) is 7.05 Å². The van der Waals surface area contributed by atoms with E-state index >= 15 is 0 Å². The smallest absolute Gasteiger partial charge is 0.143 e. The van der Waals surface area contributed by atoms with Gasteiger partial charge in [0, 0.05) is 12.6 Å². The summed E-state index contributed by atoms with van der Waals surface area (Å²) < 4.78 is 7.54. The normalized spacial score (nSPS) is 10.1. The van der Waals surface area contributed by atoms with Crippen LogP contribution in [-0.4, -0.2) is 4.74 Å². The number of hydrogen-bond donors (Lipinski definition) is 0. The number of nitrogens with zero attached hydrogens (tertiary/aromatic N) is 1. The molecule has 50 valence electrons. The lowest BCUT2D eigenvalue weighted by Gasteiger charge is -1.82. The van der Waals surface area contributed by atoms with Gasteiger partial charge >= 0.3 is 0 Å². The summed E-state index contributed by atoms with van der Waals surface area (Å²) in [5.41, 5.74) is 1.06. The summed E-state index contributed by atoms with van der Waals surface area (Å²) in [6.45, 7) is 3.87. The van der Waals surface area contributed by atoms with Crippen molar-refractivity contribution in [3.8, 4) is 0 Å². The molecule has 0 radical (unpaired) electrons. The number of aryl methyl sites for hydroxylation is 2. The van der Waals surface area contributed by atoms with Gasteiger partial charge in [-0.05, 0) is 13.8 Å². The summed E-state index contributed by atoms with van der Waals surface area (Å²) in [7, 11) is 1.81. The summed E-state index contributed by atoms with van der Waals surface area (Å²) in [5, 5.41) is 0. The zero-order chi connectivity index (χ0) is 7.02. The van der Waals surface area contributed by atoms with Crippen molar-refractivity contribution in [3.63, 3.8) is 0 Å². The molecule has 0 bridgehead atoms. The molecule has 0 aliphatic carbocycles. The average Bonchev–Trinajstić information content (AvgIpc) is 1.98. The predicted molar refractivity (Wildman–Crippen MR) is 38.0 cm³/mol. The zero-order valence-electron chi connectivity index (χ0n) is 5.76. The molecule has 0 saturated carbocycles. The van der Waals surface area contributed by atoms with E-state index in [0.29, 0.717) is 0 Å². The summed E-state index contributed by atoms with van der Waals surface area (Å²) in [6.07, 6.45) is 0. The Kier molecular flexibility index (Phi) is 1.45. The first-order valence-electron chi connectivity index (χ1n) is 2.76. The molecule has 0 aliphatic heterocycles. The van der Waals surface area contributed by atoms with Crippen LogP contribution >= 0.6 is 12.2 Å². The Morgan fingerprint density at radius 2 is 2.00 bits per heavy atom. The fourth-order valence-electron chi connectivity index (χ4n) is 0.702. The quantitative estimate of drug-likeness (QED) is 0.517. The van der Waals surface area contributed by atoms with Crippen LogP contribution in [0.15, 0.2) is 4.52 Å². The monoisotopic (exact) mass is 143 g/mol. The van der Waals surface area contributed by atoms with E-state index < -0.39 is 0 Å². The molecule has 1 rings (SSSR count). The Balaban J connectivity index is 3.48. The molecule has 1 heterocycles. The van der Waals surface area contributed by atoms with Crippen LogP contribution in [0.25, 0.3) is 0 Å². The first-order valence-corrected chi connectivity index (χ1v) is 3.17. The van der Waals surface area contributed by atoms with Gasteiger partial charge in [0.1, 0.15) is 10.4 Å². The maximum atomic E-state index is 5.16. The van der Waals surface area contributed by atoms with E-state index in [1.54, 1.807) is 4.74 Å². The lowest BCUT2D eigenvalue weighted by atomic mass is 10.3. The van der Waals surface area contributed by atoms with Crippen LogP contribution in [0.4, 0.5) is 0 Å². The van der Waals surface area contributed by atoms with Crippen LogP contribution in [0.2, 0.25) is 0 Å². The molecular weight excluding hydrogens is 134 g/mol. The Labute approximate surface area is 59.1 Å². The highest BCUT2D eigenvalue weighted by Gasteiger charge is 2.00. The Hall–Kier alpha value is -0.570. The molecule has 2 nitrogen and oxygen atoms in total. The Morgan fingerprint density at radius 1 is 1.44 bits per heavy atom. The molecule has 3 heteroatoms. The van der Waals surface area contributed by atoms with Gasteiger partial charge in [-0.1, -0.05) is 12.2 Å². The third-order valence-corrected chi connectivity index (χ3v) is 1.97. The second kappa shape index (κ2) is 1.99. The van der Waals surface area contributed by atoms with Crippen molar-refractivity contribution < 1.29 is 4.52 Å². The summed E-state index contributed by atoms with van der Waals surface area (Å²) in [4.78, 5) is 0. The second-order valence-electron chi connectivity index (χ2n) is 2.08. The molecule has 9 heavy (non-hydrogen) atoms. The second-order valence-corrected chi connectivity index (χ2v) is 2.46. The fourth-order valence-corrected chi connectivity index (χ4v) is 0.883. The van der Waals surface area contributed by atoms with E-state index in [0.717, 1.165) is 16.0 Å². The van der Waals surface area contributed by atoms with Crippen molar-refractivity contribution in [1.29, 1.82) is 0 Å². The fraction of sp³-hybridized carbons (Fsp3) is 0.500. The van der Waals surface area contributed by atoms with Gasteiger partial charge in [-0.15, -0.1) is 0 Å². The molecule has 0 atom stereocenters. The van der Waals surface area contributed by atoms with Crippen molar-refractivity contribution in [2.24, 2.45) is 7.05 Å². The lowest BCUT2D eigenvalue weighted by molar-refractivity contribution is 0.287. The average molecular weight is 143 g/mol. The Morgan fingerprint density at radius 3 is 2.11 bits per heavy atom. The Bertz CT molecular complexity index is 271. The molecular formula is C6H9NOS. The largest absolute Gasteiger partial charge is 0.383 e.